The number of hydrogen-bond donors (Lipinski definition) is 0. The molecule has 2 heterocycles. The van der Waals surface area contributed by atoms with Crippen molar-refractivity contribution in [3.05, 3.63) is 47.6 Å². The molecule has 1 saturated heterocycles. The van der Waals surface area contributed by atoms with Crippen LogP contribution in [-0.4, -0.2) is 44.3 Å². The summed E-state index contributed by atoms with van der Waals surface area (Å²) in [5.41, 5.74) is 1.00. The van der Waals surface area contributed by atoms with Crippen LogP contribution in [-0.2, 0) is 22.7 Å². The highest BCUT2D eigenvalue weighted by Gasteiger charge is 2.37. The number of rotatable bonds is 4. The first-order valence-corrected chi connectivity index (χ1v) is 7.46. The van der Waals surface area contributed by atoms with E-state index in [1.54, 1.807) is 18.7 Å². The molecule has 0 radical (unpaired) electrons. The second kappa shape index (κ2) is 6.20. The fourth-order valence-corrected chi connectivity index (χ4v) is 2.67. The maximum atomic E-state index is 12.5. The second-order valence-electron chi connectivity index (χ2n) is 5.61. The third-order valence-electron chi connectivity index (χ3n) is 3.88. The van der Waals surface area contributed by atoms with Crippen LogP contribution in [0.5, 0.6) is 0 Å². The molecule has 7 heteroatoms. The zero-order valence-corrected chi connectivity index (χ0v) is 13.1. The number of benzene rings is 1. The van der Waals surface area contributed by atoms with Crippen molar-refractivity contribution in [2.45, 2.75) is 33.0 Å². The van der Waals surface area contributed by atoms with Gasteiger partial charge in [0.1, 0.15) is 12.6 Å². The van der Waals surface area contributed by atoms with Gasteiger partial charge in [0.25, 0.3) is 0 Å². The second-order valence-corrected chi connectivity index (χ2v) is 5.61. The number of aromatic nitrogens is 2. The van der Waals surface area contributed by atoms with Gasteiger partial charge in [0.05, 0.1) is 6.54 Å². The van der Waals surface area contributed by atoms with Gasteiger partial charge in [-0.05, 0) is 12.5 Å². The minimum Gasteiger partial charge on any atom is -0.340 e. The van der Waals surface area contributed by atoms with Crippen LogP contribution in [0.15, 0.2) is 34.9 Å². The van der Waals surface area contributed by atoms with Crippen molar-refractivity contribution < 1.29 is 14.1 Å². The normalized spacial score (nSPS) is 18.6. The first kappa shape index (κ1) is 15.2. The number of amides is 2. The van der Waals surface area contributed by atoms with E-state index in [1.165, 1.54) is 4.90 Å². The molecule has 0 N–H and O–H groups in total. The molecule has 1 aliphatic rings. The third-order valence-corrected chi connectivity index (χ3v) is 3.88. The number of piperazine rings is 1. The highest BCUT2D eigenvalue weighted by molar-refractivity contribution is 5.94. The standard InChI is InChI=1S/C16H18N4O3/c1-11-16(22)19(8-13-6-4-3-5-7-13)10-15(21)20(11)9-14-17-12(2)23-18-14/h3-7,11H,8-10H2,1-2H3/t11-/m1/s1. The van der Waals surface area contributed by atoms with E-state index in [2.05, 4.69) is 10.1 Å². The van der Waals surface area contributed by atoms with Crippen molar-refractivity contribution in [1.82, 2.24) is 19.9 Å². The average Bonchev–Trinajstić information content (AvgIpc) is 2.95. The lowest BCUT2D eigenvalue weighted by Crippen LogP contribution is -2.58. The van der Waals surface area contributed by atoms with Gasteiger partial charge < -0.3 is 14.3 Å². The largest absolute Gasteiger partial charge is 0.340 e. The predicted molar refractivity (Wildman–Crippen MR) is 80.9 cm³/mol. The zero-order chi connectivity index (χ0) is 16.4. The van der Waals surface area contributed by atoms with Gasteiger partial charge in [-0.2, -0.15) is 4.98 Å². The van der Waals surface area contributed by atoms with E-state index in [4.69, 9.17) is 4.52 Å². The lowest BCUT2D eigenvalue weighted by atomic mass is 10.1. The van der Waals surface area contributed by atoms with Gasteiger partial charge in [0.2, 0.25) is 17.7 Å². The number of nitrogens with zero attached hydrogens (tertiary/aromatic N) is 4. The van der Waals surface area contributed by atoms with Crippen LogP contribution in [0, 0.1) is 6.92 Å². The molecule has 3 rings (SSSR count). The Morgan fingerprint density at radius 3 is 2.61 bits per heavy atom. The summed E-state index contributed by atoms with van der Waals surface area (Å²) in [5.74, 6) is 0.658. The molecule has 1 aromatic carbocycles. The molecule has 2 amide bonds. The highest BCUT2D eigenvalue weighted by atomic mass is 16.5. The summed E-state index contributed by atoms with van der Waals surface area (Å²) in [7, 11) is 0. The summed E-state index contributed by atoms with van der Waals surface area (Å²) in [4.78, 5) is 32.1. The van der Waals surface area contributed by atoms with Crippen molar-refractivity contribution in [3.8, 4) is 0 Å². The van der Waals surface area contributed by atoms with Crippen LogP contribution in [0.25, 0.3) is 0 Å². The molecular formula is C16H18N4O3. The molecule has 2 aromatic rings. The van der Waals surface area contributed by atoms with Crippen molar-refractivity contribution in [2.24, 2.45) is 0 Å². The predicted octanol–water partition coefficient (Wildman–Crippen LogP) is 1.14. The van der Waals surface area contributed by atoms with E-state index in [1.807, 2.05) is 30.3 Å². The molecule has 23 heavy (non-hydrogen) atoms. The first-order chi connectivity index (χ1) is 11.0. The Bertz CT molecular complexity index is 713. The Balaban J connectivity index is 1.71. The van der Waals surface area contributed by atoms with Gasteiger partial charge in [0.15, 0.2) is 5.82 Å². The van der Waals surface area contributed by atoms with Gasteiger partial charge in [-0.3, -0.25) is 9.59 Å². The lowest BCUT2D eigenvalue weighted by molar-refractivity contribution is -0.156. The van der Waals surface area contributed by atoms with Crippen LogP contribution in [0.2, 0.25) is 0 Å². The quantitative estimate of drug-likeness (QED) is 0.845. The van der Waals surface area contributed by atoms with Crippen molar-refractivity contribution >= 4 is 11.8 Å². The van der Waals surface area contributed by atoms with Gasteiger partial charge >= 0.3 is 0 Å². The molecule has 0 bridgehead atoms. The summed E-state index contributed by atoms with van der Waals surface area (Å²) < 4.78 is 4.91. The number of carbonyl (C=O) groups is 2. The van der Waals surface area contributed by atoms with E-state index >= 15 is 0 Å². The Kier molecular flexibility index (Phi) is 4.10. The number of hydrogen-bond acceptors (Lipinski definition) is 5. The van der Waals surface area contributed by atoms with Crippen LogP contribution in [0.4, 0.5) is 0 Å². The minimum atomic E-state index is -0.543. The SMILES string of the molecule is Cc1nc(CN2C(=O)CN(Cc3ccccc3)C(=O)[C@H]2C)no1. The average molecular weight is 314 g/mol. The molecule has 1 aliphatic heterocycles. The van der Waals surface area contributed by atoms with Crippen LogP contribution in [0.3, 0.4) is 0 Å². The van der Waals surface area contributed by atoms with E-state index < -0.39 is 6.04 Å². The van der Waals surface area contributed by atoms with Crippen LogP contribution in [0.1, 0.15) is 24.2 Å². The Labute approximate surface area is 133 Å². The molecule has 1 atom stereocenters. The minimum absolute atomic E-state index is 0.0644. The number of carbonyl (C=O) groups excluding carboxylic acids is 2. The molecule has 0 unspecified atom stereocenters. The van der Waals surface area contributed by atoms with Gasteiger partial charge in [-0.15, -0.1) is 0 Å². The van der Waals surface area contributed by atoms with Crippen LogP contribution < -0.4 is 0 Å². The Hall–Kier alpha value is -2.70. The van der Waals surface area contributed by atoms with Gasteiger partial charge in [-0.1, -0.05) is 35.5 Å². The summed E-state index contributed by atoms with van der Waals surface area (Å²) in [6.07, 6.45) is 0. The molecular weight excluding hydrogens is 296 g/mol. The maximum Gasteiger partial charge on any atom is 0.245 e. The summed E-state index contributed by atoms with van der Waals surface area (Å²) >= 11 is 0. The molecule has 1 aromatic heterocycles. The molecule has 7 nitrogen and oxygen atoms in total. The van der Waals surface area contributed by atoms with Gasteiger partial charge in [0, 0.05) is 13.5 Å². The van der Waals surface area contributed by atoms with E-state index in [-0.39, 0.29) is 24.9 Å². The maximum absolute atomic E-state index is 12.5. The van der Waals surface area contributed by atoms with Crippen molar-refractivity contribution in [3.63, 3.8) is 0 Å². The molecule has 120 valence electrons. The topological polar surface area (TPSA) is 79.5 Å². The number of aryl methyl sites for hydroxylation is 1. The van der Waals surface area contributed by atoms with E-state index in [9.17, 15) is 9.59 Å². The summed E-state index contributed by atoms with van der Waals surface area (Å²) in [5, 5.41) is 3.79. The van der Waals surface area contributed by atoms with Gasteiger partial charge in [-0.25, -0.2) is 0 Å². The Morgan fingerprint density at radius 1 is 1.22 bits per heavy atom. The monoisotopic (exact) mass is 314 g/mol. The first-order valence-electron chi connectivity index (χ1n) is 7.46. The molecule has 0 aliphatic carbocycles. The lowest BCUT2D eigenvalue weighted by Gasteiger charge is -2.38. The van der Waals surface area contributed by atoms with E-state index in [0.717, 1.165) is 5.56 Å². The molecule has 0 saturated carbocycles. The zero-order valence-electron chi connectivity index (χ0n) is 13.1. The third kappa shape index (κ3) is 3.23. The fraction of sp³-hybridized carbons (Fsp3) is 0.375. The van der Waals surface area contributed by atoms with Crippen molar-refractivity contribution in [1.29, 1.82) is 0 Å². The fourth-order valence-electron chi connectivity index (χ4n) is 2.67. The Morgan fingerprint density at radius 2 is 1.96 bits per heavy atom. The highest BCUT2D eigenvalue weighted by Crippen LogP contribution is 2.17. The smallest absolute Gasteiger partial charge is 0.245 e. The van der Waals surface area contributed by atoms with Crippen molar-refractivity contribution in [2.75, 3.05) is 6.54 Å². The van der Waals surface area contributed by atoms with E-state index in [0.29, 0.717) is 18.3 Å². The summed E-state index contributed by atoms with van der Waals surface area (Å²) in [6, 6.07) is 9.09. The molecule has 1 fully saturated rings. The van der Waals surface area contributed by atoms with Crippen LogP contribution >= 0.6 is 0 Å². The summed E-state index contributed by atoms with van der Waals surface area (Å²) in [6.45, 7) is 4.09. The molecule has 0 spiro atoms.